The first kappa shape index (κ1) is 21.8. The zero-order chi connectivity index (χ0) is 21.1. The second-order valence-corrected chi connectivity index (χ2v) is 6.93. The summed E-state index contributed by atoms with van der Waals surface area (Å²) in [7, 11) is 0. The first-order chi connectivity index (χ1) is 13.0. The Morgan fingerprint density at radius 3 is 2.50 bits per heavy atom. The molecule has 152 valence electrons. The number of aliphatic carboxylic acids is 1. The van der Waals surface area contributed by atoms with Gasteiger partial charge in [-0.1, -0.05) is 24.1 Å². The van der Waals surface area contributed by atoms with E-state index in [2.05, 4.69) is 10.7 Å². The number of aryl methyl sites for hydroxylation is 3. The minimum atomic E-state index is -4.88. The largest absolute Gasteiger partial charge is 0.479 e. The Balaban J connectivity index is 2.21. The van der Waals surface area contributed by atoms with Gasteiger partial charge in [0.05, 0.1) is 12.0 Å². The van der Waals surface area contributed by atoms with Gasteiger partial charge in [-0.2, -0.15) is 13.2 Å². The van der Waals surface area contributed by atoms with Crippen molar-refractivity contribution in [3.63, 3.8) is 0 Å². The smallest absolute Gasteiger partial charge is 0.401 e. The molecular weight excluding hydrogens is 377 g/mol. The van der Waals surface area contributed by atoms with Crippen LogP contribution in [0.25, 0.3) is 0 Å². The molecule has 3 unspecified atom stereocenters. The van der Waals surface area contributed by atoms with Crippen molar-refractivity contribution in [2.45, 2.75) is 39.0 Å². The molecule has 1 aliphatic rings. The number of carbonyl (C=O) groups excluding carboxylic acids is 1. The summed E-state index contributed by atoms with van der Waals surface area (Å²) in [5.74, 6) is -4.97. The Labute approximate surface area is 160 Å². The number of alkyl halides is 3. The van der Waals surface area contributed by atoms with Crippen molar-refractivity contribution in [1.29, 1.82) is 0 Å². The molecule has 8 heteroatoms. The first-order valence-corrected chi connectivity index (χ1v) is 8.71. The molecule has 0 amide bonds. The summed E-state index contributed by atoms with van der Waals surface area (Å²) in [4.78, 5) is 22.8. The van der Waals surface area contributed by atoms with Gasteiger partial charge >= 0.3 is 12.1 Å². The number of carbonyl (C=O) groups is 2. The third-order valence-corrected chi connectivity index (χ3v) is 4.98. The fourth-order valence-corrected chi connectivity index (χ4v) is 3.37. The Morgan fingerprint density at radius 1 is 1.25 bits per heavy atom. The van der Waals surface area contributed by atoms with E-state index in [0.29, 0.717) is 6.42 Å². The summed E-state index contributed by atoms with van der Waals surface area (Å²) in [6.07, 6.45) is -4.44. The fraction of sp³-hybridized carbons (Fsp3) is 0.500. The third kappa shape index (κ3) is 5.04. The molecule has 0 spiro atoms. The Hall–Kier alpha value is -2.53. The summed E-state index contributed by atoms with van der Waals surface area (Å²) in [5.41, 5.74) is 2.98. The van der Waals surface area contributed by atoms with Gasteiger partial charge in [0.25, 0.3) is 0 Å². The molecule has 1 aromatic carbocycles. The molecule has 0 aliphatic heterocycles. The van der Waals surface area contributed by atoms with E-state index in [9.17, 15) is 27.9 Å². The van der Waals surface area contributed by atoms with E-state index >= 15 is 0 Å². The van der Waals surface area contributed by atoms with Gasteiger partial charge in [-0.25, -0.2) is 4.79 Å². The van der Waals surface area contributed by atoms with Crippen LogP contribution in [-0.2, 0) is 20.7 Å². The van der Waals surface area contributed by atoms with Crippen LogP contribution in [0.5, 0.6) is 0 Å². The van der Waals surface area contributed by atoms with E-state index in [4.69, 9.17) is 5.11 Å². The number of aliphatic hydroxyl groups is 1. The van der Waals surface area contributed by atoms with Crippen LogP contribution in [0.3, 0.4) is 0 Å². The van der Waals surface area contributed by atoms with E-state index in [1.54, 1.807) is 0 Å². The molecule has 1 saturated carbocycles. The quantitative estimate of drug-likeness (QED) is 0.745. The average molecular weight is 398 g/mol. The van der Waals surface area contributed by atoms with Crippen molar-refractivity contribution in [3.05, 3.63) is 34.9 Å². The molecule has 2 N–H and O–H groups in total. The molecule has 0 bridgehead atoms. The van der Waals surface area contributed by atoms with Crippen molar-refractivity contribution >= 4 is 11.8 Å². The van der Waals surface area contributed by atoms with Gasteiger partial charge in [-0.3, -0.25) is 4.79 Å². The van der Waals surface area contributed by atoms with Crippen molar-refractivity contribution in [2.75, 3.05) is 6.61 Å². The van der Waals surface area contributed by atoms with Crippen LogP contribution in [0.15, 0.2) is 18.2 Å². The van der Waals surface area contributed by atoms with Gasteiger partial charge in [0.1, 0.15) is 12.0 Å². The van der Waals surface area contributed by atoms with Crippen molar-refractivity contribution in [2.24, 2.45) is 17.8 Å². The Morgan fingerprint density at radius 2 is 1.93 bits per heavy atom. The van der Waals surface area contributed by atoms with Gasteiger partial charge < -0.3 is 14.9 Å². The van der Waals surface area contributed by atoms with E-state index in [-0.39, 0.29) is 6.42 Å². The molecular formula is C20H21F3O5. The van der Waals surface area contributed by atoms with Crippen LogP contribution < -0.4 is 0 Å². The maximum atomic E-state index is 13.2. The number of rotatable bonds is 5. The summed E-state index contributed by atoms with van der Waals surface area (Å²) in [5, 5.41) is 18.6. The molecule has 5 nitrogen and oxygen atoms in total. The summed E-state index contributed by atoms with van der Waals surface area (Å²) < 4.78 is 44.2. The van der Waals surface area contributed by atoms with Crippen molar-refractivity contribution in [3.8, 4) is 12.0 Å². The molecule has 2 rings (SSSR count). The zero-order valence-corrected chi connectivity index (χ0v) is 15.4. The van der Waals surface area contributed by atoms with Crippen LogP contribution in [0, 0.1) is 43.6 Å². The summed E-state index contributed by atoms with van der Waals surface area (Å²) in [6.45, 7) is 3.10. The fourth-order valence-electron chi connectivity index (χ4n) is 3.37. The van der Waals surface area contributed by atoms with Gasteiger partial charge in [-0.05, 0) is 43.4 Å². The van der Waals surface area contributed by atoms with Crippen LogP contribution in [0.1, 0.15) is 23.1 Å². The number of hydrogen-bond donors (Lipinski definition) is 2. The van der Waals surface area contributed by atoms with Crippen LogP contribution in [0.4, 0.5) is 13.2 Å². The zero-order valence-electron chi connectivity index (χ0n) is 15.4. The Kier molecular flexibility index (Phi) is 6.73. The first-order valence-electron chi connectivity index (χ1n) is 8.71. The maximum absolute atomic E-state index is 13.2. The lowest BCUT2D eigenvalue weighted by Crippen LogP contribution is -2.36. The number of carboxylic acid groups (broad SMARTS) is 1. The van der Waals surface area contributed by atoms with E-state index in [1.807, 2.05) is 38.2 Å². The van der Waals surface area contributed by atoms with Gasteiger partial charge in [-0.15, -0.1) is 0 Å². The predicted octanol–water partition coefficient (Wildman–Crippen LogP) is 2.65. The normalized spacial score (nSPS) is 24.6. The van der Waals surface area contributed by atoms with Gasteiger partial charge in [0.2, 0.25) is 0 Å². The van der Waals surface area contributed by atoms with E-state index < -0.39 is 48.4 Å². The molecule has 1 fully saturated rings. The summed E-state index contributed by atoms with van der Waals surface area (Å²) in [6, 6.07) is 5.64. The number of ketones is 1. The number of benzene rings is 1. The van der Waals surface area contributed by atoms with E-state index in [0.717, 1.165) is 16.7 Å². The standard InChI is InChI=1S/C20H21F3O5/c1-11-3-4-13(9-12(11)2)5-6-14-15(7-8-28-10-16(24)25)19(27)17(18(14)26)20(21,22)23/h3-4,9,14-15,17,19,27H,5-6,10H2,1-2H3,(H,24,25)/t14-,15?,17?,19?/m1/s1. The minimum Gasteiger partial charge on any atom is -0.479 e. The molecule has 4 atom stereocenters. The highest BCUT2D eigenvalue weighted by Gasteiger charge is 2.59. The Bertz CT molecular complexity index is 806. The molecule has 1 aromatic rings. The lowest BCUT2D eigenvalue weighted by atomic mass is 9.89. The monoisotopic (exact) mass is 398 g/mol. The number of hydrogen-bond acceptors (Lipinski definition) is 4. The number of ether oxygens (including phenoxy) is 1. The molecule has 1 aliphatic carbocycles. The van der Waals surface area contributed by atoms with Crippen molar-refractivity contribution in [1.82, 2.24) is 0 Å². The van der Waals surface area contributed by atoms with Crippen molar-refractivity contribution < 1.29 is 37.7 Å². The highest BCUT2D eigenvalue weighted by Crippen LogP contribution is 2.44. The lowest BCUT2D eigenvalue weighted by Gasteiger charge is -2.17. The lowest BCUT2D eigenvalue weighted by molar-refractivity contribution is -0.194. The SMILES string of the molecule is Cc1ccc(CC[C@H]2C(=O)C(C(F)(F)F)C(O)C2C#COCC(=O)O)cc1C. The summed E-state index contributed by atoms with van der Waals surface area (Å²) >= 11 is 0. The van der Waals surface area contributed by atoms with Crippen LogP contribution in [0.2, 0.25) is 0 Å². The number of halogens is 3. The van der Waals surface area contributed by atoms with Crippen LogP contribution >= 0.6 is 0 Å². The predicted molar refractivity (Wildman–Crippen MR) is 93.1 cm³/mol. The minimum absolute atomic E-state index is 0.0866. The molecule has 28 heavy (non-hydrogen) atoms. The molecule has 0 radical (unpaired) electrons. The average Bonchev–Trinajstić information content (AvgIpc) is 2.82. The number of carboxylic acids is 1. The number of aliphatic hydroxyl groups excluding tert-OH is 1. The molecule has 0 saturated heterocycles. The number of Topliss-reactive ketones (excluding diaryl/α,β-unsaturated/α-hetero) is 1. The molecule has 0 aromatic heterocycles. The second-order valence-electron chi connectivity index (χ2n) is 6.93. The second kappa shape index (κ2) is 8.65. The maximum Gasteiger partial charge on any atom is 0.401 e. The highest BCUT2D eigenvalue weighted by molar-refractivity contribution is 5.88. The third-order valence-electron chi connectivity index (χ3n) is 4.98. The van der Waals surface area contributed by atoms with Gasteiger partial charge in [0, 0.05) is 5.92 Å². The highest BCUT2D eigenvalue weighted by atomic mass is 19.4. The topological polar surface area (TPSA) is 83.8 Å². The van der Waals surface area contributed by atoms with Gasteiger partial charge in [0.15, 0.2) is 12.4 Å². The van der Waals surface area contributed by atoms with Crippen LogP contribution in [-0.4, -0.2) is 40.9 Å². The van der Waals surface area contributed by atoms with E-state index in [1.165, 1.54) is 0 Å². The molecule has 0 heterocycles.